The lowest BCUT2D eigenvalue weighted by atomic mass is 9.99. The molecule has 2 unspecified atom stereocenters. The van der Waals surface area contributed by atoms with Crippen LogP contribution in [0.25, 0.3) is 0 Å². The number of nitrogens with zero attached hydrogens (tertiary/aromatic N) is 2. The van der Waals surface area contributed by atoms with Gasteiger partial charge in [-0.2, -0.15) is 0 Å². The van der Waals surface area contributed by atoms with Gasteiger partial charge in [-0.25, -0.2) is 0 Å². The molecule has 0 radical (unpaired) electrons. The summed E-state index contributed by atoms with van der Waals surface area (Å²) in [4.78, 5) is 18.6. The Hall–Kier alpha value is -1.30. The average Bonchev–Trinajstić information content (AvgIpc) is 2.90. The van der Waals surface area contributed by atoms with E-state index in [9.17, 15) is 4.79 Å². The molecule has 0 bridgehead atoms. The minimum Gasteiger partial charge on any atom is -0.469 e. The van der Waals surface area contributed by atoms with Gasteiger partial charge in [-0.15, -0.1) is 0 Å². The van der Waals surface area contributed by atoms with Crippen molar-refractivity contribution in [1.82, 2.24) is 10.2 Å². The van der Waals surface area contributed by atoms with E-state index in [1.165, 1.54) is 7.11 Å². The van der Waals surface area contributed by atoms with E-state index in [0.29, 0.717) is 25.6 Å². The summed E-state index contributed by atoms with van der Waals surface area (Å²) < 4.78 is 10.5. The summed E-state index contributed by atoms with van der Waals surface area (Å²) in [5.74, 6) is 1.59. The van der Waals surface area contributed by atoms with Crippen molar-refractivity contribution in [3.63, 3.8) is 0 Å². The average molecular weight is 327 g/mol. The summed E-state index contributed by atoms with van der Waals surface area (Å²) in [6.07, 6.45) is 1.08. The molecule has 0 aliphatic carbocycles. The van der Waals surface area contributed by atoms with Crippen LogP contribution in [0, 0.1) is 17.8 Å². The summed E-state index contributed by atoms with van der Waals surface area (Å²) in [6, 6.07) is 0. The molecule has 0 amide bonds. The summed E-state index contributed by atoms with van der Waals surface area (Å²) in [5.41, 5.74) is 0. The molecule has 134 valence electrons. The van der Waals surface area contributed by atoms with Gasteiger partial charge < -0.3 is 19.7 Å². The van der Waals surface area contributed by atoms with Crippen molar-refractivity contribution in [3.05, 3.63) is 0 Å². The molecule has 1 saturated heterocycles. The maximum absolute atomic E-state index is 11.8. The highest BCUT2D eigenvalue weighted by Crippen LogP contribution is 2.24. The van der Waals surface area contributed by atoms with Gasteiger partial charge >= 0.3 is 5.97 Å². The zero-order chi connectivity index (χ0) is 17.2. The van der Waals surface area contributed by atoms with Gasteiger partial charge in [0.25, 0.3) is 0 Å². The summed E-state index contributed by atoms with van der Waals surface area (Å²) >= 11 is 0. The monoisotopic (exact) mass is 327 g/mol. The van der Waals surface area contributed by atoms with Gasteiger partial charge in [-0.3, -0.25) is 9.79 Å². The Kier molecular flexibility index (Phi) is 8.99. The fraction of sp³-hybridized carbons (Fsp3) is 0.882. The van der Waals surface area contributed by atoms with E-state index in [-0.39, 0.29) is 17.8 Å². The van der Waals surface area contributed by atoms with E-state index in [1.54, 1.807) is 0 Å². The van der Waals surface area contributed by atoms with E-state index in [0.717, 1.165) is 32.1 Å². The van der Waals surface area contributed by atoms with Gasteiger partial charge in [0.15, 0.2) is 5.96 Å². The number of nitrogens with one attached hydrogen (secondary N) is 1. The second kappa shape index (κ2) is 10.5. The van der Waals surface area contributed by atoms with Crippen LogP contribution in [-0.4, -0.2) is 63.3 Å². The highest BCUT2D eigenvalue weighted by Gasteiger charge is 2.36. The van der Waals surface area contributed by atoms with E-state index >= 15 is 0 Å². The smallest absolute Gasteiger partial charge is 0.310 e. The molecule has 1 aliphatic heterocycles. The SMILES string of the molecule is CCNC(=NCCOCCC(C)C)N1CC(C)C(C(=O)OC)C1. The number of hydrogen-bond donors (Lipinski definition) is 1. The Morgan fingerprint density at radius 1 is 1.35 bits per heavy atom. The van der Waals surface area contributed by atoms with Gasteiger partial charge in [0.05, 0.1) is 26.2 Å². The zero-order valence-electron chi connectivity index (χ0n) is 15.3. The third-order valence-corrected chi connectivity index (χ3v) is 4.09. The number of esters is 1. The lowest BCUT2D eigenvalue weighted by molar-refractivity contribution is -0.145. The van der Waals surface area contributed by atoms with Crippen LogP contribution in [0.4, 0.5) is 0 Å². The minimum absolute atomic E-state index is 0.0776. The Balaban J connectivity index is 2.47. The molecule has 6 nitrogen and oxygen atoms in total. The van der Waals surface area contributed by atoms with Gasteiger partial charge in [0, 0.05) is 26.2 Å². The van der Waals surface area contributed by atoms with Crippen molar-refractivity contribution < 1.29 is 14.3 Å². The lowest BCUT2D eigenvalue weighted by Crippen LogP contribution is -2.40. The molecule has 0 aromatic carbocycles. The van der Waals surface area contributed by atoms with Crippen molar-refractivity contribution in [2.45, 2.75) is 34.1 Å². The first-order valence-corrected chi connectivity index (χ1v) is 8.68. The first-order chi connectivity index (χ1) is 11.0. The first-order valence-electron chi connectivity index (χ1n) is 8.68. The molecule has 1 aliphatic rings. The van der Waals surface area contributed by atoms with Crippen LogP contribution in [0.15, 0.2) is 4.99 Å². The van der Waals surface area contributed by atoms with E-state index in [2.05, 4.69) is 36.0 Å². The van der Waals surface area contributed by atoms with E-state index < -0.39 is 0 Å². The summed E-state index contributed by atoms with van der Waals surface area (Å²) in [5, 5.41) is 3.30. The third kappa shape index (κ3) is 6.77. The Morgan fingerprint density at radius 2 is 2.09 bits per heavy atom. The van der Waals surface area contributed by atoms with Crippen LogP contribution in [0.5, 0.6) is 0 Å². The first kappa shape index (κ1) is 19.7. The number of rotatable bonds is 8. The molecule has 0 aromatic rings. The van der Waals surface area contributed by atoms with Gasteiger partial charge in [0.1, 0.15) is 0 Å². The minimum atomic E-state index is -0.132. The van der Waals surface area contributed by atoms with Gasteiger partial charge in [0.2, 0.25) is 0 Å². The summed E-state index contributed by atoms with van der Waals surface area (Å²) in [7, 11) is 1.45. The lowest BCUT2D eigenvalue weighted by Gasteiger charge is -2.21. The highest BCUT2D eigenvalue weighted by atomic mass is 16.5. The van der Waals surface area contributed by atoms with E-state index in [1.807, 2.05) is 6.92 Å². The molecule has 2 atom stereocenters. The molecule has 0 saturated carbocycles. The highest BCUT2D eigenvalue weighted by molar-refractivity contribution is 5.82. The molecule has 1 rings (SSSR count). The topological polar surface area (TPSA) is 63.2 Å². The Morgan fingerprint density at radius 3 is 2.70 bits per heavy atom. The van der Waals surface area contributed by atoms with E-state index in [4.69, 9.17) is 9.47 Å². The van der Waals surface area contributed by atoms with Crippen LogP contribution in [0.3, 0.4) is 0 Å². The fourth-order valence-corrected chi connectivity index (χ4v) is 2.66. The predicted molar refractivity (Wildman–Crippen MR) is 92.5 cm³/mol. The number of aliphatic imine (C=N–C) groups is 1. The Labute approximate surface area is 140 Å². The molecule has 1 N–H and O–H groups in total. The van der Waals surface area contributed by atoms with Crippen LogP contribution < -0.4 is 5.32 Å². The number of carbonyl (C=O) groups is 1. The van der Waals surface area contributed by atoms with Crippen molar-refractivity contribution in [2.24, 2.45) is 22.7 Å². The van der Waals surface area contributed by atoms with Crippen LogP contribution in [0.2, 0.25) is 0 Å². The van der Waals surface area contributed by atoms with Crippen molar-refractivity contribution in [2.75, 3.05) is 46.5 Å². The normalized spacial score (nSPS) is 21.8. The number of carbonyl (C=O) groups excluding carboxylic acids is 1. The fourth-order valence-electron chi connectivity index (χ4n) is 2.66. The number of guanidine groups is 1. The number of ether oxygens (including phenoxy) is 2. The summed E-state index contributed by atoms with van der Waals surface area (Å²) in [6.45, 7) is 12.9. The standard InChI is InChI=1S/C17H33N3O3/c1-6-18-17(19-8-10-23-9-7-13(2)3)20-11-14(4)15(12-20)16(21)22-5/h13-15H,6-12H2,1-5H3,(H,18,19). The molecule has 23 heavy (non-hydrogen) atoms. The van der Waals surface area contributed by atoms with Crippen molar-refractivity contribution >= 4 is 11.9 Å². The molecule has 1 heterocycles. The maximum atomic E-state index is 11.8. The van der Waals surface area contributed by atoms with Crippen molar-refractivity contribution in [1.29, 1.82) is 0 Å². The second-order valence-electron chi connectivity index (χ2n) is 6.54. The maximum Gasteiger partial charge on any atom is 0.310 e. The third-order valence-electron chi connectivity index (χ3n) is 4.09. The van der Waals surface area contributed by atoms with Crippen LogP contribution in [0.1, 0.15) is 34.1 Å². The molecule has 0 aromatic heterocycles. The number of hydrogen-bond acceptors (Lipinski definition) is 4. The largest absolute Gasteiger partial charge is 0.469 e. The van der Waals surface area contributed by atoms with Gasteiger partial charge in [-0.05, 0) is 25.2 Å². The molecule has 6 heteroatoms. The van der Waals surface area contributed by atoms with Crippen LogP contribution in [-0.2, 0) is 14.3 Å². The number of likely N-dealkylation sites (tertiary alicyclic amines) is 1. The quantitative estimate of drug-likeness (QED) is 0.318. The zero-order valence-corrected chi connectivity index (χ0v) is 15.3. The molecule has 1 fully saturated rings. The van der Waals surface area contributed by atoms with Gasteiger partial charge in [-0.1, -0.05) is 20.8 Å². The molecular weight excluding hydrogens is 294 g/mol. The Bertz CT molecular complexity index is 385. The molecule has 0 spiro atoms. The second-order valence-corrected chi connectivity index (χ2v) is 6.54. The molecular formula is C17H33N3O3. The predicted octanol–water partition coefficient (Wildman–Crippen LogP) is 1.76. The number of methoxy groups -OCH3 is 1. The van der Waals surface area contributed by atoms with Crippen LogP contribution >= 0.6 is 0 Å². The van der Waals surface area contributed by atoms with Crippen molar-refractivity contribution in [3.8, 4) is 0 Å².